The number of hydrogen-bond donors (Lipinski definition) is 1. The van der Waals surface area contributed by atoms with Gasteiger partial charge in [0.1, 0.15) is 5.82 Å². The minimum absolute atomic E-state index is 0.0410. The largest absolute Gasteiger partial charge is 0.327 e. The molecule has 0 saturated heterocycles. The van der Waals surface area contributed by atoms with E-state index in [4.69, 9.17) is 5.73 Å². The molecule has 0 aliphatic rings. The van der Waals surface area contributed by atoms with E-state index in [1.807, 2.05) is 6.07 Å². The molecule has 0 aliphatic heterocycles. The van der Waals surface area contributed by atoms with Crippen LogP contribution in [-0.2, 0) is 6.42 Å². The molecular formula is C11H14FN. The van der Waals surface area contributed by atoms with Gasteiger partial charge in [0, 0.05) is 6.04 Å². The molecule has 1 aromatic carbocycles. The molecule has 1 rings (SSSR count). The summed E-state index contributed by atoms with van der Waals surface area (Å²) in [5.41, 5.74) is 6.71. The Kier molecular flexibility index (Phi) is 3.65. The molecule has 0 fully saturated rings. The van der Waals surface area contributed by atoms with E-state index in [0.29, 0.717) is 6.42 Å². The predicted molar refractivity (Wildman–Crippen MR) is 52.9 cm³/mol. The third-order valence-corrected chi connectivity index (χ3v) is 1.86. The summed E-state index contributed by atoms with van der Waals surface area (Å²) in [6.45, 7) is 3.61. The molecule has 2 heteroatoms. The van der Waals surface area contributed by atoms with Gasteiger partial charge >= 0.3 is 0 Å². The lowest BCUT2D eigenvalue weighted by Crippen LogP contribution is -2.21. The first-order chi connectivity index (χ1) is 6.22. The molecule has 1 atom stereocenters. The zero-order valence-corrected chi connectivity index (χ0v) is 7.54. The van der Waals surface area contributed by atoms with Crippen LogP contribution in [0.2, 0.25) is 0 Å². The lowest BCUT2D eigenvalue weighted by atomic mass is 10.0. The summed E-state index contributed by atoms with van der Waals surface area (Å²) in [5, 5.41) is 0. The summed E-state index contributed by atoms with van der Waals surface area (Å²) in [5.74, 6) is -0.205. The number of rotatable bonds is 4. The molecule has 0 amide bonds. The highest BCUT2D eigenvalue weighted by atomic mass is 19.1. The Hall–Kier alpha value is -1.15. The van der Waals surface area contributed by atoms with Crippen LogP contribution >= 0.6 is 0 Å². The quantitative estimate of drug-likeness (QED) is 0.705. The molecule has 0 aromatic heterocycles. The van der Waals surface area contributed by atoms with Crippen LogP contribution in [0.4, 0.5) is 4.39 Å². The second-order valence-corrected chi connectivity index (χ2v) is 3.12. The van der Waals surface area contributed by atoms with Crippen molar-refractivity contribution >= 4 is 0 Å². The number of hydrogen-bond acceptors (Lipinski definition) is 1. The lowest BCUT2D eigenvalue weighted by molar-refractivity contribution is 0.619. The second-order valence-electron chi connectivity index (χ2n) is 3.12. The van der Waals surface area contributed by atoms with Crippen LogP contribution in [0.3, 0.4) is 0 Å². The van der Waals surface area contributed by atoms with Crippen LogP contribution in [0.5, 0.6) is 0 Å². The first kappa shape index (κ1) is 9.93. The summed E-state index contributed by atoms with van der Waals surface area (Å²) < 4.78 is 12.7. The highest BCUT2D eigenvalue weighted by molar-refractivity contribution is 5.17. The van der Waals surface area contributed by atoms with Crippen LogP contribution in [0.1, 0.15) is 12.0 Å². The Labute approximate surface area is 78.1 Å². The summed E-state index contributed by atoms with van der Waals surface area (Å²) in [6, 6.07) is 6.57. The van der Waals surface area contributed by atoms with Gasteiger partial charge in [-0.1, -0.05) is 18.2 Å². The van der Waals surface area contributed by atoms with Crippen molar-refractivity contribution in [1.29, 1.82) is 0 Å². The molecule has 0 radical (unpaired) electrons. The number of benzene rings is 1. The SMILES string of the molecule is C=CCC(N)Cc1cccc(F)c1. The van der Waals surface area contributed by atoms with Crippen LogP contribution in [-0.4, -0.2) is 6.04 Å². The summed E-state index contributed by atoms with van der Waals surface area (Å²) in [7, 11) is 0. The Morgan fingerprint density at radius 3 is 2.92 bits per heavy atom. The Balaban J connectivity index is 2.58. The van der Waals surface area contributed by atoms with Gasteiger partial charge < -0.3 is 5.73 Å². The normalized spacial score (nSPS) is 12.5. The van der Waals surface area contributed by atoms with Crippen molar-refractivity contribution in [1.82, 2.24) is 0 Å². The molecule has 0 heterocycles. The third-order valence-electron chi connectivity index (χ3n) is 1.86. The van der Waals surface area contributed by atoms with Crippen molar-refractivity contribution in [3.05, 3.63) is 48.3 Å². The van der Waals surface area contributed by atoms with Crippen LogP contribution in [0.15, 0.2) is 36.9 Å². The highest BCUT2D eigenvalue weighted by Gasteiger charge is 2.02. The molecule has 0 saturated carbocycles. The van der Waals surface area contributed by atoms with Gasteiger partial charge in [0.15, 0.2) is 0 Å². The van der Waals surface area contributed by atoms with E-state index >= 15 is 0 Å². The standard InChI is InChI=1S/C11H14FN/c1-2-4-11(13)8-9-5-3-6-10(12)7-9/h2-3,5-7,11H,1,4,8,13H2. The van der Waals surface area contributed by atoms with Gasteiger partial charge in [-0.3, -0.25) is 0 Å². The molecule has 1 nitrogen and oxygen atoms in total. The van der Waals surface area contributed by atoms with Gasteiger partial charge in [0.05, 0.1) is 0 Å². The molecule has 1 aromatic rings. The topological polar surface area (TPSA) is 26.0 Å². The fraction of sp³-hybridized carbons (Fsp3) is 0.273. The molecule has 0 spiro atoms. The fourth-order valence-corrected chi connectivity index (χ4v) is 1.26. The van der Waals surface area contributed by atoms with Crippen LogP contribution in [0, 0.1) is 5.82 Å². The summed E-state index contributed by atoms with van der Waals surface area (Å²) in [6.07, 6.45) is 3.24. The Morgan fingerprint density at radius 2 is 2.31 bits per heavy atom. The Bertz CT molecular complexity index is 283. The maximum absolute atomic E-state index is 12.7. The maximum atomic E-state index is 12.7. The zero-order chi connectivity index (χ0) is 9.68. The van der Waals surface area contributed by atoms with E-state index in [-0.39, 0.29) is 11.9 Å². The van der Waals surface area contributed by atoms with Gasteiger partial charge in [0.25, 0.3) is 0 Å². The van der Waals surface area contributed by atoms with E-state index in [1.54, 1.807) is 12.1 Å². The molecule has 13 heavy (non-hydrogen) atoms. The monoisotopic (exact) mass is 179 g/mol. The van der Waals surface area contributed by atoms with Gasteiger partial charge in [0.2, 0.25) is 0 Å². The molecule has 1 unspecified atom stereocenters. The minimum atomic E-state index is -0.205. The average molecular weight is 179 g/mol. The van der Waals surface area contributed by atoms with Crippen molar-refractivity contribution in [2.45, 2.75) is 18.9 Å². The molecule has 70 valence electrons. The van der Waals surface area contributed by atoms with Gasteiger partial charge in [-0.15, -0.1) is 6.58 Å². The van der Waals surface area contributed by atoms with Crippen molar-refractivity contribution in [3.63, 3.8) is 0 Å². The van der Waals surface area contributed by atoms with Crippen LogP contribution < -0.4 is 5.73 Å². The van der Waals surface area contributed by atoms with E-state index in [1.165, 1.54) is 12.1 Å². The number of halogens is 1. The zero-order valence-electron chi connectivity index (χ0n) is 7.54. The predicted octanol–water partition coefficient (Wildman–Crippen LogP) is 2.27. The lowest BCUT2D eigenvalue weighted by Gasteiger charge is -2.08. The Morgan fingerprint density at radius 1 is 1.54 bits per heavy atom. The van der Waals surface area contributed by atoms with Gasteiger partial charge in [-0.25, -0.2) is 4.39 Å². The van der Waals surface area contributed by atoms with E-state index in [2.05, 4.69) is 6.58 Å². The van der Waals surface area contributed by atoms with Crippen molar-refractivity contribution in [3.8, 4) is 0 Å². The average Bonchev–Trinajstić information content (AvgIpc) is 2.04. The molecule has 0 aliphatic carbocycles. The van der Waals surface area contributed by atoms with Crippen molar-refractivity contribution < 1.29 is 4.39 Å². The summed E-state index contributed by atoms with van der Waals surface area (Å²) >= 11 is 0. The third kappa shape index (κ3) is 3.38. The highest BCUT2D eigenvalue weighted by Crippen LogP contribution is 2.07. The van der Waals surface area contributed by atoms with E-state index < -0.39 is 0 Å². The van der Waals surface area contributed by atoms with Crippen molar-refractivity contribution in [2.24, 2.45) is 5.73 Å². The number of nitrogens with two attached hydrogens (primary N) is 1. The first-order valence-electron chi connectivity index (χ1n) is 4.33. The fourth-order valence-electron chi connectivity index (χ4n) is 1.26. The molecule has 2 N–H and O–H groups in total. The van der Waals surface area contributed by atoms with Crippen LogP contribution in [0.25, 0.3) is 0 Å². The van der Waals surface area contributed by atoms with E-state index in [9.17, 15) is 4.39 Å². The van der Waals surface area contributed by atoms with Gasteiger partial charge in [-0.05, 0) is 30.5 Å². The second kappa shape index (κ2) is 4.77. The summed E-state index contributed by atoms with van der Waals surface area (Å²) in [4.78, 5) is 0. The maximum Gasteiger partial charge on any atom is 0.123 e. The molecular weight excluding hydrogens is 165 g/mol. The van der Waals surface area contributed by atoms with Gasteiger partial charge in [-0.2, -0.15) is 0 Å². The minimum Gasteiger partial charge on any atom is -0.327 e. The van der Waals surface area contributed by atoms with E-state index in [0.717, 1.165) is 12.0 Å². The molecule has 0 bridgehead atoms. The first-order valence-corrected chi connectivity index (χ1v) is 4.33. The van der Waals surface area contributed by atoms with Crippen molar-refractivity contribution in [2.75, 3.05) is 0 Å². The smallest absolute Gasteiger partial charge is 0.123 e.